The Balaban J connectivity index is 1.95. The Hall–Kier alpha value is -1.84. The molecule has 0 aromatic heterocycles. The smallest absolute Gasteiger partial charge is 0.230 e. The fourth-order valence-electron chi connectivity index (χ4n) is 3.34. The minimum Gasteiger partial charge on any atom is -0.356 e. The second-order valence-electron chi connectivity index (χ2n) is 7.06. The number of rotatable bonds is 6. The van der Waals surface area contributed by atoms with Crippen LogP contribution in [0.4, 0.5) is 0 Å². The van der Waals surface area contributed by atoms with E-state index < -0.39 is 0 Å². The first-order valence-corrected chi connectivity index (χ1v) is 9.14. The Morgan fingerprint density at radius 1 is 1.25 bits per heavy atom. The predicted octanol–water partition coefficient (Wildman–Crippen LogP) is 3.19. The van der Waals surface area contributed by atoms with Crippen molar-refractivity contribution in [3.63, 3.8) is 0 Å². The molecule has 0 unspecified atom stereocenters. The molecule has 1 aromatic rings. The summed E-state index contributed by atoms with van der Waals surface area (Å²) < 4.78 is 0. The summed E-state index contributed by atoms with van der Waals surface area (Å²) >= 11 is 0. The molecule has 24 heavy (non-hydrogen) atoms. The molecule has 0 radical (unpaired) electrons. The van der Waals surface area contributed by atoms with Crippen LogP contribution >= 0.6 is 0 Å². The van der Waals surface area contributed by atoms with E-state index in [1.165, 1.54) is 0 Å². The number of piperidine rings is 1. The molecule has 1 heterocycles. The van der Waals surface area contributed by atoms with Crippen LogP contribution in [0.1, 0.15) is 51.5 Å². The van der Waals surface area contributed by atoms with E-state index in [1.807, 2.05) is 49.1 Å². The predicted molar refractivity (Wildman–Crippen MR) is 96.6 cm³/mol. The zero-order valence-electron chi connectivity index (χ0n) is 15.1. The molecule has 1 aliphatic rings. The van der Waals surface area contributed by atoms with Crippen molar-refractivity contribution in [3.05, 3.63) is 35.9 Å². The third-order valence-electron chi connectivity index (χ3n) is 4.83. The van der Waals surface area contributed by atoms with E-state index in [0.29, 0.717) is 12.5 Å². The van der Waals surface area contributed by atoms with Crippen molar-refractivity contribution in [2.75, 3.05) is 19.6 Å². The van der Waals surface area contributed by atoms with Crippen LogP contribution < -0.4 is 5.32 Å². The maximum atomic E-state index is 13.0. The van der Waals surface area contributed by atoms with Gasteiger partial charge in [0.25, 0.3) is 0 Å². The van der Waals surface area contributed by atoms with Gasteiger partial charge in [-0.1, -0.05) is 51.1 Å². The monoisotopic (exact) mass is 330 g/mol. The van der Waals surface area contributed by atoms with Gasteiger partial charge < -0.3 is 10.2 Å². The lowest BCUT2D eigenvalue weighted by Crippen LogP contribution is -2.45. The average molecular weight is 330 g/mol. The van der Waals surface area contributed by atoms with E-state index in [1.54, 1.807) is 0 Å². The molecule has 2 amide bonds. The third kappa shape index (κ3) is 4.83. The molecule has 1 aromatic carbocycles. The molecule has 1 fully saturated rings. The third-order valence-corrected chi connectivity index (χ3v) is 4.83. The Bertz CT molecular complexity index is 542. The van der Waals surface area contributed by atoms with Crippen molar-refractivity contribution >= 4 is 11.8 Å². The number of amides is 2. The summed E-state index contributed by atoms with van der Waals surface area (Å²) in [5, 5.41) is 3.01. The number of hydrogen-bond donors (Lipinski definition) is 1. The number of hydrogen-bond acceptors (Lipinski definition) is 2. The van der Waals surface area contributed by atoms with Crippen LogP contribution in [0.2, 0.25) is 0 Å². The lowest BCUT2D eigenvalue weighted by molar-refractivity contribution is -0.134. The number of nitrogens with zero attached hydrogens (tertiary/aromatic N) is 1. The van der Waals surface area contributed by atoms with Crippen LogP contribution in [0, 0.1) is 11.8 Å². The summed E-state index contributed by atoms with van der Waals surface area (Å²) in [6, 6.07) is 10.0. The van der Waals surface area contributed by atoms with Crippen molar-refractivity contribution in [3.8, 4) is 0 Å². The molecule has 0 aliphatic carbocycles. The largest absolute Gasteiger partial charge is 0.356 e. The second kappa shape index (κ2) is 8.86. The highest BCUT2D eigenvalue weighted by molar-refractivity contribution is 5.83. The quantitative estimate of drug-likeness (QED) is 0.871. The lowest BCUT2D eigenvalue weighted by Gasteiger charge is -2.35. The van der Waals surface area contributed by atoms with Gasteiger partial charge in [0.15, 0.2) is 0 Å². The summed E-state index contributed by atoms with van der Waals surface area (Å²) in [5.74, 6) is 0.625. The topological polar surface area (TPSA) is 49.4 Å². The van der Waals surface area contributed by atoms with E-state index in [2.05, 4.69) is 12.2 Å². The number of nitrogens with one attached hydrogen (secondary N) is 1. The fourth-order valence-corrected chi connectivity index (χ4v) is 3.34. The van der Waals surface area contributed by atoms with Gasteiger partial charge in [-0.2, -0.15) is 0 Å². The molecular weight excluding hydrogens is 300 g/mol. The minimum atomic E-state index is -0.0600. The maximum absolute atomic E-state index is 13.0. The fraction of sp³-hybridized carbons (Fsp3) is 0.600. The van der Waals surface area contributed by atoms with Gasteiger partial charge in [-0.25, -0.2) is 0 Å². The van der Waals surface area contributed by atoms with Crippen molar-refractivity contribution < 1.29 is 9.59 Å². The molecule has 1 N–H and O–H groups in total. The van der Waals surface area contributed by atoms with Crippen molar-refractivity contribution in [2.24, 2.45) is 11.8 Å². The zero-order chi connectivity index (χ0) is 17.5. The van der Waals surface area contributed by atoms with Crippen molar-refractivity contribution in [1.82, 2.24) is 10.2 Å². The molecule has 0 spiro atoms. The lowest BCUT2D eigenvalue weighted by atomic mass is 9.92. The first-order chi connectivity index (χ1) is 11.5. The molecule has 1 aliphatic heterocycles. The van der Waals surface area contributed by atoms with Crippen LogP contribution in [0.3, 0.4) is 0 Å². The van der Waals surface area contributed by atoms with Crippen molar-refractivity contribution in [1.29, 1.82) is 0 Å². The molecule has 0 saturated carbocycles. The first-order valence-electron chi connectivity index (χ1n) is 9.14. The Morgan fingerprint density at radius 3 is 2.58 bits per heavy atom. The van der Waals surface area contributed by atoms with Gasteiger partial charge >= 0.3 is 0 Å². The zero-order valence-corrected chi connectivity index (χ0v) is 15.1. The van der Waals surface area contributed by atoms with Gasteiger partial charge in [-0.15, -0.1) is 0 Å². The SMILES string of the molecule is CC[C@@H](C(=O)N1CCC[C@@H](CNC(=O)C(C)C)C1)c1ccccc1. The molecular formula is C20H30N2O2. The molecule has 132 valence electrons. The van der Waals surface area contributed by atoms with Crippen LogP contribution in [0.25, 0.3) is 0 Å². The summed E-state index contributed by atoms with van der Waals surface area (Å²) in [7, 11) is 0. The van der Waals surface area contributed by atoms with Gasteiger partial charge in [-0.3, -0.25) is 9.59 Å². The maximum Gasteiger partial charge on any atom is 0.230 e. The van der Waals surface area contributed by atoms with Gasteiger partial charge in [0.2, 0.25) is 11.8 Å². The number of benzene rings is 1. The van der Waals surface area contributed by atoms with Crippen LogP contribution in [0.5, 0.6) is 0 Å². The Morgan fingerprint density at radius 2 is 1.96 bits per heavy atom. The van der Waals surface area contributed by atoms with E-state index in [0.717, 1.165) is 37.9 Å². The van der Waals surface area contributed by atoms with E-state index in [4.69, 9.17) is 0 Å². The molecule has 4 nitrogen and oxygen atoms in total. The van der Waals surface area contributed by atoms with Crippen LogP contribution in [-0.2, 0) is 9.59 Å². The second-order valence-corrected chi connectivity index (χ2v) is 7.06. The first kappa shape index (κ1) is 18.5. The van der Waals surface area contributed by atoms with E-state index in [-0.39, 0.29) is 23.7 Å². The molecule has 0 bridgehead atoms. The Labute approximate surface area is 145 Å². The van der Waals surface area contributed by atoms with Gasteiger partial charge in [-0.05, 0) is 30.7 Å². The van der Waals surface area contributed by atoms with Crippen LogP contribution in [-0.4, -0.2) is 36.3 Å². The highest BCUT2D eigenvalue weighted by atomic mass is 16.2. The normalized spacial score (nSPS) is 19.2. The standard InChI is InChI=1S/C20H30N2O2/c1-4-18(17-10-6-5-7-11-17)20(24)22-12-8-9-16(14-22)13-21-19(23)15(2)3/h5-7,10-11,15-16,18H,4,8-9,12-14H2,1-3H3,(H,21,23)/t16-,18+/m0/s1. The van der Waals surface area contributed by atoms with Gasteiger partial charge in [0.05, 0.1) is 5.92 Å². The van der Waals surface area contributed by atoms with Gasteiger partial charge in [0.1, 0.15) is 0 Å². The summed E-state index contributed by atoms with van der Waals surface area (Å²) in [4.78, 5) is 26.7. The summed E-state index contributed by atoms with van der Waals surface area (Å²) in [5.41, 5.74) is 1.10. The summed E-state index contributed by atoms with van der Waals surface area (Å²) in [6.45, 7) is 8.12. The molecule has 2 rings (SSSR count). The highest BCUT2D eigenvalue weighted by Gasteiger charge is 2.29. The Kier molecular flexibility index (Phi) is 6.83. The summed E-state index contributed by atoms with van der Waals surface area (Å²) in [6.07, 6.45) is 2.90. The molecule has 4 heteroatoms. The van der Waals surface area contributed by atoms with Crippen LogP contribution in [0.15, 0.2) is 30.3 Å². The highest BCUT2D eigenvalue weighted by Crippen LogP contribution is 2.25. The van der Waals surface area contributed by atoms with E-state index in [9.17, 15) is 9.59 Å². The number of likely N-dealkylation sites (tertiary alicyclic amines) is 1. The number of carbonyl (C=O) groups excluding carboxylic acids is 2. The van der Waals surface area contributed by atoms with Gasteiger partial charge in [0, 0.05) is 25.6 Å². The minimum absolute atomic E-state index is 0.00822. The number of carbonyl (C=O) groups is 2. The average Bonchev–Trinajstić information content (AvgIpc) is 2.61. The molecule has 2 atom stereocenters. The molecule has 1 saturated heterocycles. The van der Waals surface area contributed by atoms with Crippen molar-refractivity contribution in [2.45, 2.75) is 46.0 Å². The van der Waals surface area contributed by atoms with E-state index >= 15 is 0 Å².